The van der Waals surface area contributed by atoms with Crippen molar-refractivity contribution in [2.24, 2.45) is 16.8 Å². The molecule has 96 valence electrons. The van der Waals surface area contributed by atoms with E-state index in [2.05, 4.69) is 38.3 Å². The number of rotatable bonds is 7. The maximum absolute atomic E-state index is 5.32. The summed E-state index contributed by atoms with van der Waals surface area (Å²) in [5.74, 6) is 4.28. The summed E-state index contributed by atoms with van der Waals surface area (Å²) in [5.41, 5.74) is 0. The summed E-state index contributed by atoms with van der Waals surface area (Å²) in [4.78, 5) is 6.25. The second-order valence-electron chi connectivity index (χ2n) is 4.57. The van der Waals surface area contributed by atoms with Crippen LogP contribution in [0.2, 0.25) is 0 Å². The molecule has 0 saturated carbocycles. The van der Waals surface area contributed by atoms with Crippen LogP contribution in [0, 0.1) is 24.2 Å². The molecule has 0 spiro atoms. The summed E-state index contributed by atoms with van der Waals surface area (Å²) in [6.45, 7) is 11.0. The fourth-order valence-corrected chi connectivity index (χ4v) is 1.02. The Morgan fingerprint density at radius 3 is 2.53 bits per heavy atom. The van der Waals surface area contributed by atoms with E-state index in [4.69, 9.17) is 11.2 Å². The van der Waals surface area contributed by atoms with E-state index in [9.17, 15) is 0 Å². The zero-order chi connectivity index (χ0) is 13.4. The maximum atomic E-state index is 5.32. The van der Waals surface area contributed by atoms with Crippen LogP contribution in [-0.2, 0) is 4.74 Å². The third-order valence-corrected chi connectivity index (χ3v) is 2.86. The van der Waals surface area contributed by atoms with Gasteiger partial charge in [0.05, 0.1) is 6.54 Å². The van der Waals surface area contributed by atoms with Crippen molar-refractivity contribution in [1.82, 2.24) is 4.90 Å². The third-order valence-electron chi connectivity index (χ3n) is 2.86. The quantitative estimate of drug-likeness (QED) is 0.501. The molecule has 0 aromatic heterocycles. The Kier molecular flexibility index (Phi) is 7.32. The van der Waals surface area contributed by atoms with Crippen molar-refractivity contribution in [1.29, 1.82) is 0 Å². The molecule has 17 heavy (non-hydrogen) atoms. The van der Waals surface area contributed by atoms with Crippen LogP contribution in [0.1, 0.15) is 20.8 Å². The summed E-state index contributed by atoms with van der Waals surface area (Å²) in [6, 6.07) is 0. The first-order valence-corrected chi connectivity index (χ1v) is 5.85. The molecule has 2 atom stereocenters. The van der Waals surface area contributed by atoms with Crippen LogP contribution in [0.15, 0.2) is 17.4 Å². The monoisotopic (exact) mass is 236 g/mol. The molecular formula is C14H24N2O. The maximum Gasteiger partial charge on any atom is 0.134 e. The molecular weight excluding hydrogens is 212 g/mol. The fourth-order valence-electron chi connectivity index (χ4n) is 1.02. The smallest absolute Gasteiger partial charge is 0.134 e. The Morgan fingerprint density at radius 1 is 1.53 bits per heavy atom. The van der Waals surface area contributed by atoms with Crippen molar-refractivity contribution in [3.8, 4) is 12.3 Å². The van der Waals surface area contributed by atoms with Crippen LogP contribution in [-0.4, -0.2) is 37.9 Å². The molecule has 0 saturated heterocycles. The summed E-state index contributed by atoms with van der Waals surface area (Å²) < 4.78 is 5.11. The number of likely N-dealkylation sites (N-methyl/N-ethyl adjacent to an activating group) is 1. The van der Waals surface area contributed by atoms with Gasteiger partial charge in [0.15, 0.2) is 0 Å². The van der Waals surface area contributed by atoms with Gasteiger partial charge in [0.1, 0.15) is 11.9 Å². The van der Waals surface area contributed by atoms with Crippen LogP contribution < -0.4 is 0 Å². The molecule has 0 aromatic rings. The van der Waals surface area contributed by atoms with Gasteiger partial charge < -0.3 is 9.64 Å². The SMILES string of the molecule is C#C[C@@H](CN(C)C(=C)N=CC(C)C(C)C)OC. The van der Waals surface area contributed by atoms with Crippen LogP contribution in [0.25, 0.3) is 0 Å². The number of nitrogens with zero attached hydrogens (tertiary/aromatic N) is 2. The van der Waals surface area contributed by atoms with E-state index < -0.39 is 0 Å². The number of hydrogen-bond donors (Lipinski definition) is 0. The lowest BCUT2D eigenvalue weighted by atomic mass is 10.00. The molecule has 0 amide bonds. The molecule has 0 radical (unpaired) electrons. The highest BCUT2D eigenvalue weighted by molar-refractivity contribution is 5.61. The predicted octanol–water partition coefficient (Wildman–Crippen LogP) is 2.40. The van der Waals surface area contributed by atoms with Gasteiger partial charge >= 0.3 is 0 Å². The van der Waals surface area contributed by atoms with Crippen molar-refractivity contribution in [2.75, 3.05) is 20.7 Å². The molecule has 0 aromatic carbocycles. The molecule has 0 aliphatic rings. The Labute approximate surface area is 106 Å². The fraction of sp³-hybridized carbons (Fsp3) is 0.643. The van der Waals surface area contributed by atoms with Gasteiger partial charge in [0.2, 0.25) is 0 Å². The van der Waals surface area contributed by atoms with E-state index in [-0.39, 0.29) is 6.10 Å². The van der Waals surface area contributed by atoms with E-state index in [0.29, 0.717) is 24.2 Å². The van der Waals surface area contributed by atoms with E-state index in [1.54, 1.807) is 7.11 Å². The Hall–Kier alpha value is -1.27. The van der Waals surface area contributed by atoms with E-state index in [1.165, 1.54) is 0 Å². The van der Waals surface area contributed by atoms with Gasteiger partial charge in [-0.05, 0) is 11.8 Å². The largest absolute Gasteiger partial charge is 0.367 e. The predicted molar refractivity (Wildman–Crippen MR) is 73.9 cm³/mol. The molecule has 0 fully saturated rings. The molecule has 1 unspecified atom stereocenters. The van der Waals surface area contributed by atoms with Crippen LogP contribution in [0.3, 0.4) is 0 Å². The lowest BCUT2D eigenvalue weighted by molar-refractivity contribution is 0.123. The number of ether oxygens (including phenoxy) is 1. The average Bonchev–Trinajstić information content (AvgIpc) is 2.31. The van der Waals surface area contributed by atoms with Gasteiger partial charge in [-0.25, -0.2) is 4.99 Å². The normalized spacial score (nSPS) is 14.6. The van der Waals surface area contributed by atoms with Gasteiger partial charge in [0.25, 0.3) is 0 Å². The molecule has 0 N–H and O–H groups in total. The molecule has 0 aliphatic carbocycles. The number of methoxy groups -OCH3 is 1. The minimum absolute atomic E-state index is 0.227. The molecule has 0 rings (SSSR count). The van der Waals surface area contributed by atoms with Crippen molar-refractivity contribution in [2.45, 2.75) is 26.9 Å². The van der Waals surface area contributed by atoms with Crippen LogP contribution >= 0.6 is 0 Å². The van der Waals surface area contributed by atoms with Gasteiger partial charge in [-0.1, -0.05) is 33.3 Å². The number of aliphatic imine (C=N–C) groups is 1. The van der Waals surface area contributed by atoms with Crippen LogP contribution in [0.4, 0.5) is 0 Å². The molecule has 3 heteroatoms. The molecule has 0 aliphatic heterocycles. The summed E-state index contributed by atoms with van der Waals surface area (Å²) >= 11 is 0. The lowest BCUT2D eigenvalue weighted by Gasteiger charge is -2.21. The van der Waals surface area contributed by atoms with Gasteiger partial charge in [0, 0.05) is 20.4 Å². The standard InChI is InChI=1S/C14H24N2O/c1-8-14(17-7)10-16(6)13(5)15-9-12(4)11(2)3/h1,9,11-12,14H,5,10H2,2-4,6-7H3/t12?,14-/m0/s1. The van der Waals surface area contributed by atoms with Crippen LogP contribution in [0.5, 0.6) is 0 Å². The van der Waals surface area contributed by atoms with E-state index >= 15 is 0 Å². The van der Waals surface area contributed by atoms with Crippen molar-refractivity contribution >= 4 is 6.21 Å². The molecule has 0 bridgehead atoms. The van der Waals surface area contributed by atoms with E-state index in [0.717, 1.165) is 0 Å². The van der Waals surface area contributed by atoms with Crippen molar-refractivity contribution < 1.29 is 4.74 Å². The van der Waals surface area contributed by atoms with Gasteiger partial charge in [-0.3, -0.25) is 0 Å². The first-order chi connectivity index (χ1) is 7.92. The first kappa shape index (κ1) is 15.7. The minimum Gasteiger partial charge on any atom is -0.367 e. The zero-order valence-corrected chi connectivity index (χ0v) is 11.6. The van der Waals surface area contributed by atoms with E-state index in [1.807, 2.05) is 18.2 Å². The summed E-state index contributed by atoms with van der Waals surface area (Å²) in [7, 11) is 3.51. The van der Waals surface area contributed by atoms with Gasteiger partial charge in [-0.15, -0.1) is 6.42 Å². The second-order valence-corrected chi connectivity index (χ2v) is 4.57. The summed E-state index contributed by atoms with van der Waals surface area (Å²) in [6.07, 6.45) is 7.03. The highest BCUT2D eigenvalue weighted by Gasteiger charge is 2.09. The Morgan fingerprint density at radius 2 is 2.12 bits per heavy atom. The van der Waals surface area contributed by atoms with Gasteiger partial charge in [-0.2, -0.15) is 0 Å². The third kappa shape index (κ3) is 6.13. The average molecular weight is 236 g/mol. The molecule has 0 heterocycles. The number of hydrogen-bond acceptors (Lipinski definition) is 3. The Balaban J connectivity index is 4.28. The summed E-state index contributed by atoms with van der Waals surface area (Å²) in [5, 5.41) is 0. The Bertz CT molecular complexity index is 302. The second kappa shape index (κ2) is 7.92. The minimum atomic E-state index is -0.227. The van der Waals surface area contributed by atoms with Crippen molar-refractivity contribution in [3.05, 3.63) is 12.4 Å². The highest BCUT2D eigenvalue weighted by atomic mass is 16.5. The number of terminal acetylenes is 1. The lowest BCUT2D eigenvalue weighted by Crippen LogP contribution is -2.28. The highest BCUT2D eigenvalue weighted by Crippen LogP contribution is 2.09. The zero-order valence-electron chi connectivity index (χ0n) is 11.6. The topological polar surface area (TPSA) is 24.8 Å². The van der Waals surface area contributed by atoms with Crippen molar-refractivity contribution in [3.63, 3.8) is 0 Å². The first-order valence-electron chi connectivity index (χ1n) is 5.85. The molecule has 3 nitrogen and oxygen atoms in total.